The van der Waals surface area contributed by atoms with Gasteiger partial charge >= 0.3 is 0 Å². The lowest BCUT2D eigenvalue weighted by atomic mass is 9.94. The summed E-state index contributed by atoms with van der Waals surface area (Å²) in [5, 5.41) is 0. The van der Waals surface area contributed by atoms with Crippen molar-refractivity contribution >= 4 is 11.8 Å². The van der Waals surface area contributed by atoms with Gasteiger partial charge in [-0.15, -0.1) is 11.8 Å². The summed E-state index contributed by atoms with van der Waals surface area (Å²) in [6.07, 6.45) is 10.9. The topological polar surface area (TPSA) is 3.24 Å². The van der Waals surface area contributed by atoms with Crippen LogP contribution in [0.5, 0.6) is 0 Å². The molecule has 2 aliphatic rings. The van der Waals surface area contributed by atoms with Crippen LogP contribution in [-0.4, -0.2) is 30.3 Å². The molecule has 0 spiro atoms. The van der Waals surface area contributed by atoms with Crippen LogP contribution in [0.25, 0.3) is 0 Å². The third-order valence-electron chi connectivity index (χ3n) is 3.68. The number of rotatable bonds is 3. The summed E-state index contributed by atoms with van der Waals surface area (Å²) in [7, 11) is 0. The lowest BCUT2D eigenvalue weighted by Crippen LogP contribution is -2.34. The molecule has 0 radical (unpaired) electrons. The van der Waals surface area contributed by atoms with Gasteiger partial charge in [0.05, 0.1) is 0 Å². The molecule has 84 valence electrons. The van der Waals surface area contributed by atoms with Crippen molar-refractivity contribution < 1.29 is 0 Å². The number of hydrogen-bond donors (Lipinski definition) is 0. The van der Waals surface area contributed by atoms with Gasteiger partial charge in [0.2, 0.25) is 0 Å². The zero-order valence-electron chi connectivity index (χ0n) is 9.67. The predicted molar refractivity (Wildman–Crippen MR) is 69.2 cm³/mol. The first-order chi connectivity index (χ1) is 7.35. The van der Waals surface area contributed by atoms with Crippen LogP contribution in [0, 0.1) is 0 Å². The van der Waals surface area contributed by atoms with Crippen LogP contribution in [0.15, 0.2) is 23.1 Å². The average molecular weight is 223 g/mol. The number of nitrogens with zero attached hydrogens (tertiary/aromatic N) is 1. The van der Waals surface area contributed by atoms with E-state index in [0.717, 1.165) is 6.04 Å². The lowest BCUT2D eigenvalue weighted by molar-refractivity contribution is 0.225. The maximum absolute atomic E-state index is 3.92. The first kappa shape index (κ1) is 11.3. The van der Waals surface area contributed by atoms with Gasteiger partial charge in [-0.2, -0.15) is 0 Å². The molecule has 0 saturated carbocycles. The van der Waals surface area contributed by atoms with Gasteiger partial charge in [-0.05, 0) is 61.9 Å². The molecular formula is C13H21NS. The Labute approximate surface area is 97.6 Å². The van der Waals surface area contributed by atoms with E-state index in [1.807, 2.05) is 11.8 Å². The van der Waals surface area contributed by atoms with Gasteiger partial charge in [-0.3, -0.25) is 0 Å². The molecule has 2 heteroatoms. The summed E-state index contributed by atoms with van der Waals surface area (Å²) in [6, 6.07) is 0.818. The van der Waals surface area contributed by atoms with Crippen LogP contribution in [0.2, 0.25) is 0 Å². The second-order valence-corrected chi connectivity index (χ2v) is 5.40. The van der Waals surface area contributed by atoms with Crippen LogP contribution in [0.1, 0.15) is 32.1 Å². The molecule has 1 nitrogen and oxygen atoms in total. The van der Waals surface area contributed by atoms with Gasteiger partial charge < -0.3 is 4.90 Å². The van der Waals surface area contributed by atoms with E-state index in [4.69, 9.17) is 0 Å². The van der Waals surface area contributed by atoms with E-state index >= 15 is 0 Å². The molecule has 1 aliphatic heterocycles. The highest BCUT2D eigenvalue weighted by atomic mass is 32.2. The molecule has 0 aromatic carbocycles. The zero-order valence-corrected chi connectivity index (χ0v) is 10.5. The minimum Gasteiger partial charge on any atom is -0.300 e. The quantitative estimate of drug-likeness (QED) is 0.721. The highest BCUT2D eigenvalue weighted by molar-refractivity contribution is 8.02. The summed E-state index contributed by atoms with van der Waals surface area (Å²) in [5.74, 6) is 0. The Bertz CT molecular complexity index is 264. The molecule has 1 heterocycles. The lowest BCUT2D eigenvalue weighted by Gasteiger charge is -2.32. The van der Waals surface area contributed by atoms with E-state index in [9.17, 15) is 0 Å². The van der Waals surface area contributed by atoms with Crippen molar-refractivity contribution in [3.63, 3.8) is 0 Å². The Morgan fingerprint density at radius 3 is 2.73 bits per heavy atom. The summed E-state index contributed by atoms with van der Waals surface area (Å²) in [6.45, 7) is 6.58. The van der Waals surface area contributed by atoms with Gasteiger partial charge in [0.25, 0.3) is 0 Å². The predicted octanol–water partition coefficient (Wildman–Crippen LogP) is 3.44. The SMILES string of the molecule is C=CC1=C(SC)CC(N2CCCC2)CC1. The smallest absolute Gasteiger partial charge is 0.0144 e. The molecular weight excluding hydrogens is 202 g/mol. The van der Waals surface area contributed by atoms with E-state index in [2.05, 4.69) is 23.8 Å². The minimum atomic E-state index is 0.818. The van der Waals surface area contributed by atoms with Crippen LogP contribution in [0.3, 0.4) is 0 Å². The van der Waals surface area contributed by atoms with Crippen molar-refractivity contribution in [3.05, 3.63) is 23.1 Å². The second-order valence-electron chi connectivity index (χ2n) is 4.50. The van der Waals surface area contributed by atoms with Crippen molar-refractivity contribution in [3.8, 4) is 0 Å². The summed E-state index contributed by atoms with van der Waals surface area (Å²) >= 11 is 1.92. The second kappa shape index (κ2) is 5.22. The molecule has 1 atom stereocenters. The fourth-order valence-corrected chi connectivity index (χ4v) is 3.56. The molecule has 15 heavy (non-hydrogen) atoms. The Kier molecular flexibility index (Phi) is 3.92. The first-order valence-corrected chi connectivity index (χ1v) is 7.20. The van der Waals surface area contributed by atoms with Gasteiger partial charge in [-0.25, -0.2) is 0 Å². The number of thioether (sulfide) groups is 1. The monoisotopic (exact) mass is 223 g/mol. The molecule has 2 rings (SSSR count). The Morgan fingerprint density at radius 1 is 1.40 bits per heavy atom. The van der Waals surface area contributed by atoms with Gasteiger partial charge in [0.1, 0.15) is 0 Å². The first-order valence-electron chi connectivity index (χ1n) is 5.97. The fraction of sp³-hybridized carbons (Fsp3) is 0.692. The summed E-state index contributed by atoms with van der Waals surface area (Å²) < 4.78 is 0. The van der Waals surface area contributed by atoms with E-state index < -0.39 is 0 Å². The Morgan fingerprint density at radius 2 is 2.13 bits per heavy atom. The maximum atomic E-state index is 3.92. The molecule has 0 N–H and O–H groups in total. The molecule has 1 saturated heterocycles. The molecule has 1 aliphatic carbocycles. The highest BCUT2D eigenvalue weighted by Gasteiger charge is 2.26. The minimum absolute atomic E-state index is 0.818. The standard InChI is InChI=1S/C13H21NS/c1-3-11-6-7-12(10-13(11)15-2)14-8-4-5-9-14/h3,12H,1,4-10H2,2H3. The van der Waals surface area contributed by atoms with E-state index in [0.29, 0.717) is 0 Å². The van der Waals surface area contributed by atoms with Gasteiger partial charge in [0, 0.05) is 6.04 Å². The molecule has 0 aromatic rings. The van der Waals surface area contributed by atoms with E-state index in [1.54, 1.807) is 4.91 Å². The van der Waals surface area contributed by atoms with E-state index in [-0.39, 0.29) is 0 Å². The Hall–Kier alpha value is -0.210. The van der Waals surface area contributed by atoms with Crippen molar-refractivity contribution in [2.45, 2.75) is 38.1 Å². The van der Waals surface area contributed by atoms with Crippen LogP contribution in [-0.2, 0) is 0 Å². The zero-order chi connectivity index (χ0) is 10.7. The van der Waals surface area contributed by atoms with Crippen molar-refractivity contribution in [2.75, 3.05) is 19.3 Å². The third kappa shape index (κ3) is 2.48. The van der Waals surface area contributed by atoms with Crippen LogP contribution >= 0.6 is 11.8 Å². The Balaban J connectivity index is 2.02. The van der Waals surface area contributed by atoms with Crippen LogP contribution in [0.4, 0.5) is 0 Å². The molecule has 0 aromatic heterocycles. The molecule has 1 fully saturated rings. The van der Waals surface area contributed by atoms with Crippen molar-refractivity contribution in [1.82, 2.24) is 4.90 Å². The summed E-state index contributed by atoms with van der Waals surface area (Å²) in [5.41, 5.74) is 1.50. The number of allylic oxidation sites excluding steroid dienone is 2. The number of likely N-dealkylation sites (tertiary alicyclic amines) is 1. The van der Waals surface area contributed by atoms with E-state index in [1.165, 1.54) is 50.8 Å². The molecule has 1 unspecified atom stereocenters. The maximum Gasteiger partial charge on any atom is 0.0144 e. The van der Waals surface area contributed by atoms with Gasteiger partial charge in [-0.1, -0.05) is 12.7 Å². The fourth-order valence-electron chi connectivity index (χ4n) is 2.76. The highest BCUT2D eigenvalue weighted by Crippen LogP contribution is 2.35. The molecule has 0 bridgehead atoms. The van der Waals surface area contributed by atoms with Crippen LogP contribution < -0.4 is 0 Å². The van der Waals surface area contributed by atoms with Crippen molar-refractivity contribution in [2.24, 2.45) is 0 Å². The normalized spacial score (nSPS) is 28.5. The molecule has 0 amide bonds. The largest absolute Gasteiger partial charge is 0.300 e. The average Bonchev–Trinajstić information content (AvgIpc) is 2.81. The number of hydrogen-bond acceptors (Lipinski definition) is 2. The third-order valence-corrected chi connectivity index (χ3v) is 4.60. The summed E-state index contributed by atoms with van der Waals surface area (Å²) in [4.78, 5) is 4.27. The van der Waals surface area contributed by atoms with Gasteiger partial charge in [0.15, 0.2) is 0 Å². The van der Waals surface area contributed by atoms with Crippen molar-refractivity contribution in [1.29, 1.82) is 0 Å².